The van der Waals surface area contributed by atoms with Crippen LogP contribution in [0.5, 0.6) is 0 Å². The van der Waals surface area contributed by atoms with Gasteiger partial charge in [-0.3, -0.25) is 10.1 Å². The maximum atomic E-state index is 10.7. The van der Waals surface area contributed by atoms with Crippen molar-refractivity contribution in [1.29, 1.82) is 5.26 Å². The van der Waals surface area contributed by atoms with Crippen molar-refractivity contribution < 1.29 is 10.0 Å². The van der Waals surface area contributed by atoms with E-state index in [0.717, 1.165) is 12.8 Å². The highest BCUT2D eigenvalue weighted by Gasteiger charge is 2.22. The van der Waals surface area contributed by atoms with E-state index in [4.69, 9.17) is 10.4 Å². The summed E-state index contributed by atoms with van der Waals surface area (Å²) in [5.74, 6) is 0.782. The van der Waals surface area contributed by atoms with Crippen LogP contribution in [0.25, 0.3) is 0 Å². The standard InChI is InChI=1S/C12H14N4O3/c13-6-10-5-11(16(18)19)7-14-12(10)15-3-1-9(8-17)2-4-15/h5,7,9,17H,1-4,8H2. The average molecular weight is 262 g/mol. The van der Waals surface area contributed by atoms with Crippen molar-refractivity contribution >= 4 is 11.5 Å². The van der Waals surface area contributed by atoms with Crippen LogP contribution in [0.2, 0.25) is 0 Å². The summed E-state index contributed by atoms with van der Waals surface area (Å²) in [6.45, 7) is 1.57. The molecule has 1 saturated heterocycles. The zero-order valence-corrected chi connectivity index (χ0v) is 10.3. The topological polar surface area (TPSA) is 103 Å². The maximum absolute atomic E-state index is 10.7. The number of rotatable bonds is 3. The molecule has 2 rings (SSSR count). The summed E-state index contributed by atoms with van der Waals surface area (Å²) in [5, 5.41) is 28.8. The summed E-state index contributed by atoms with van der Waals surface area (Å²) >= 11 is 0. The largest absolute Gasteiger partial charge is 0.396 e. The fourth-order valence-corrected chi connectivity index (χ4v) is 2.21. The molecule has 0 amide bonds. The van der Waals surface area contributed by atoms with E-state index < -0.39 is 4.92 Å². The number of aromatic nitrogens is 1. The van der Waals surface area contributed by atoms with Gasteiger partial charge >= 0.3 is 0 Å². The van der Waals surface area contributed by atoms with Gasteiger partial charge in [-0.1, -0.05) is 0 Å². The molecule has 0 bridgehead atoms. The van der Waals surface area contributed by atoms with E-state index in [1.165, 1.54) is 12.3 Å². The smallest absolute Gasteiger partial charge is 0.289 e. The van der Waals surface area contributed by atoms with E-state index in [1.807, 2.05) is 11.0 Å². The quantitative estimate of drug-likeness (QED) is 0.645. The number of nitrogens with zero attached hydrogens (tertiary/aromatic N) is 4. The van der Waals surface area contributed by atoms with Crippen LogP contribution < -0.4 is 4.90 Å². The maximum Gasteiger partial charge on any atom is 0.289 e. The molecule has 1 aliphatic rings. The Morgan fingerprint density at radius 2 is 2.26 bits per heavy atom. The highest BCUT2D eigenvalue weighted by atomic mass is 16.6. The predicted octanol–water partition coefficient (Wildman–Crippen LogP) is 1.07. The van der Waals surface area contributed by atoms with E-state index in [0.29, 0.717) is 24.8 Å². The Hall–Kier alpha value is -2.20. The minimum atomic E-state index is -0.560. The number of piperidine rings is 1. The Morgan fingerprint density at radius 3 is 2.79 bits per heavy atom. The van der Waals surface area contributed by atoms with Crippen LogP contribution in [-0.2, 0) is 0 Å². The Labute approximate surface area is 110 Å². The molecule has 0 saturated carbocycles. The van der Waals surface area contributed by atoms with Crippen LogP contribution in [0.15, 0.2) is 12.3 Å². The van der Waals surface area contributed by atoms with Gasteiger partial charge in [0.05, 0.1) is 4.92 Å². The molecular formula is C12H14N4O3. The molecule has 1 aromatic rings. The molecule has 2 heterocycles. The van der Waals surface area contributed by atoms with Crippen molar-refractivity contribution in [3.05, 3.63) is 27.9 Å². The lowest BCUT2D eigenvalue weighted by Gasteiger charge is -2.32. The average Bonchev–Trinajstić information content (AvgIpc) is 2.46. The number of nitriles is 1. The molecule has 7 nitrogen and oxygen atoms in total. The lowest BCUT2D eigenvalue weighted by Crippen LogP contribution is -2.35. The summed E-state index contributed by atoms with van der Waals surface area (Å²) in [6.07, 6.45) is 2.84. The van der Waals surface area contributed by atoms with Gasteiger partial charge in [-0.15, -0.1) is 0 Å². The third kappa shape index (κ3) is 2.80. The number of anilines is 1. The molecule has 19 heavy (non-hydrogen) atoms. The normalized spacial score (nSPS) is 16.1. The van der Waals surface area contributed by atoms with E-state index in [-0.39, 0.29) is 17.9 Å². The monoisotopic (exact) mass is 262 g/mol. The molecule has 1 aromatic heterocycles. The first-order valence-corrected chi connectivity index (χ1v) is 6.06. The molecule has 0 aliphatic carbocycles. The zero-order valence-electron chi connectivity index (χ0n) is 10.3. The fraction of sp³-hybridized carbons (Fsp3) is 0.500. The van der Waals surface area contributed by atoms with Gasteiger partial charge in [-0.05, 0) is 18.8 Å². The van der Waals surface area contributed by atoms with Crippen molar-refractivity contribution in [2.45, 2.75) is 12.8 Å². The SMILES string of the molecule is N#Cc1cc([N+](=O)[O-])cnc1N1CCC(CO)CC1. The molecule has 1 aliphatic heterocycles. The zero-order chi connectivity index (χ0) is 13.8. The second-order valence-corrected chi connectivity index (χ2v) is 4.55. The highest BCUT2D eigenvalue weighted by molar-refractivity contribution is 5.57. The third-order valence-corrected chi connectivity index (χ3v) is 3.36. The number of pyridine rings is 1. The molecular weight excluding hydrogens is 248 g/mol. The van der Waals surface area contributed by atoms with E-state index in [1.54, 1.807) is 0 Å². The lowest BCUT2D eigenvalue weighted by molar-refractivity contribution is -0.385. The van der Waals surface area contributed by atoms with Gasteiger partial charge in [0.2, 0.25) is 0 Å². The number of aliphatic hydroxyl groups excluding tert-OH is 1. The lowest BCUT2D eigenvalue weighted by atomic mass is 9.97. The van der Waals surface area contributed by atoms with Crippen molar-refractivity contribution in [2.75, 3.05) is 24.6 Å². The Morgan fingerprint density at radius 1 is 1.58 bits per heavy atom. The summed E-state index contributed by atoms with van der Waals surface area (Å²) in [4.78, 5) is 16.1. The van der Waals surface area contributed by atoms with Crippen molar-refractivity contribution in [3.63, 3.8) is 0 Å². The summed E-state index contributed by atoms with van der Waals surface area (Å²) < 4.78 is 0. The van der Waals surface area contributed by atoms with Crippen LogP contribution >= 0.6 is 0 Å². The highest BCUT2D eigenvalue weighted by Crippen LogP contribution is 2.26. The molecule has 0 unspecified atom stereocenters. The Kier molecular flexibility index (Phi) is 3.92. The van der Waals surface area contributed by atoms with Crippen LogP contribution in [-0.4, -0.2) is 34.7 Å². The molecule has 0 spiro atoms. The third-order valence-electron chi connectivity index (χ3n) is 3.36. The molecule has 100 valence electrons. The fourth-order valence-electron chi connectivity index (χ4n) is 2.21. The van der Waals surface area contributed by atoms with Gasteiger partial charge in [-0.2, -0.15) is 5.26 Å². The van der Waals surface area contributed by atoms with E-state index >= 15 is 0 Å². The van der Waals surface area contributed by atoms with Gasteiger partial charge in [0.15, 0.2) is 0 Å². The van der Waals surface area contributed by atoms with Crippen LogP contribution in [0.1, 0.15) is 18.4 Å². The summed E-state index contributed by atoms with van der Waals surface area (Å²) in [6, 6.07) is 3.21. The second-order valence-electron chi connectivity index (χ2n) is 4.55. The number of hydrogen-bond acceptors (Lipinski definition) is 6. The first-order valence-electron chi connectivity index (χ1n) is 6.06. The Balaban J connectivity index is 2.21. The second kappa shape index (κ2) is 5.63. The summed E-state index contributed by atoms with van der Waals surface area (Å²) in [5.41, 5.74) is 0.0437. The van der Waals surface area contributed by atoms with Gasteiger partial charge in [0.1, 0.15) is 23.6 Å². The van der Waals surface area contributed by atoms with Gasteiger partial charge in [0.25, 0.3) is 5.69 Å². The molecule has 0 radical (unpaired) electrons. The summed E-state index contributed by atoms with van der Waals surface area (Å²) in [7, 11) is 0. The van der Waals surface area contributed by atoms with Gasteiger partial charge in [0, 0.05) is 25.8 Å². The van der Waals surface area contributed by atoms with Crippen molar-refractivity contribution in [2.24, 2.45) is 5.92 Å². The number of hydrogen-bond donors (Lipinski definition) is 1. The van der Waals surface area contributed by atoms with Crippen LogP contribution in [0.4, 0.5) is 11.5 Å². The number of aliphatic hydroxyl groups is 1. The molecule has 0 aromatic carbocycles. The van der Waals surface area contributed by atoms with Gasteiger partial charge in [-0.25, -0.2) is 4.98 Å². The van der Waals surface area contributed by atoms with Gasteiger partial charge < -0.3 is 10.0 Å². The van der Waals surface area contributed by atoms with Crippen molar-refractivity contribution in [1.82, 2.24) is 4.98 Å². The molecule has 0 atom stereocenters. The predicted molar refractivity (Wildman–Crippen MR) is 67.6 cm³/mol. The molecule has 1 N–H and O–H groups in total. The molecule has 7 heteroatoms. The number of nitro groups is 1. The van der Waals surface area contributed by atoms with E-state index in [9.17, 15) is 10.1 Å². The van der Waals surface area contributed by atoms with E-state index in [2.05, 4.69) is 4.98 Å². The first kappa shape index (κ1) is 13.2. The van der Waals surface area contributed by atoms with Crippen LogP contribution in [0, 0.1) is 27.4 Å². The minimum absolute atomic E-state index is 0.173. The Bertz CT molecular complexity index is 518. The van der Waals surface area contributed by atoms with Crippen molar-refractivity contribution in [3.8, 4) is 6.07 Å². The molecule has 1 fully saturated rings. The first-order chi connectivity index (χ1) is 9.15. The van der Waals surface area contributed by atoms with Crippen LogP contribution in [0.3, 0.4) is 0 Å². The minimum Gasteiger partial charge on any atom is -0.396 e.